The topological polar surface area (TPSA) is 55.5 Å². The van der Waals surface area contributed by atoms with Crippen molar-refractivity contribution in [2.45, 2.75) is 31.7 Å². The van der Waals surface area contributed by atoms with E-state index >= 15 is 0 Å². The van der Waals surface area contributed by atoms with E-state index in [1.54, 1.807) is 12.1 Å². The highest BCUT2D eigenvalue weighted by molar-refractivity contribution is 5.49. The lowest BCUT2D eigenvalue weighted by atomic mass is 9.72. The molecule has 1 aromatic carbocycles. The zero-order valence-corrected chi connectivity index (χ0v) is 8.99. The monoisotopic (exact) mass is 207 g/mol. The fraction of sp³-hybridized carbons (Fsp3) is 0.500. The van der Waals surface area contributed by atoms with Crippen LogP contribution < -0.4 is 10.5 Å². The maximum atomic E-state index is 9.86. The van der Waals surface area contributed by atoms with Gasteiger partial charge in [-0.05, 0) is 38.3 Å². The summed E-state index contributed by atoms with van der Waals surface area (Å²) in [6.45, 7) is 2.52. The molecule has 2 rings (SSSR count). The molecule has 1 aliphatic carbocycles. The Labute approximate surface area is 89.9 Å². The molecule has 0 aromatic heterocycles. The summed E-state index contributed by atoms with van der Waals surface area (Å²) in [6.07, 6.45) is 2.96. The summed E-state index contributed by atoms with van der Waals surface area (Å²) in [6, 6.07) is 5.32. The summed E-state index contributed by atoms with van der Waals surface area (Å²) in [4.78, 5) is 0. The minimum absolute atomic E-state index is 0.253. The average Bonchev–Trinajstić information content (AvgIpc) is 2.15. The van der Waals surface area contributed by atoms with Gasteiger partial charge in [0, 0.05) is 5.54 Å². The molecule has 1 aliphatic rings. The van der Waals surface area contributed by atoms with Crippen molar-refractivity contribution in [2.24, 2.45) is 5.73 Å². The second kappa shape index (κ2) is 3.74. The number of ether oxygens (including phenoxy) is 1. The van der Waals surface area contributed by atoms with Crippen LogP contribution >= 0.6 is 0 Å². The molecule has 3 N–H and O–H groups in total. The fourth-order valence-electron chi connectivity index (χ4n) is 2.10. The third-order valence-electron chi connectivity index (χ3n) is 3.05. The number of rotatable bonds is 3. The zero-order valence-electron chi connectivity index (χ0n) is 8.99. The Bertz CT molecular complexity index is 359. The summed E-state index contributed by atoms with van der Waals surface area (Å²) in [5, 5.41) is 9.86. The Morgan fingerprint density at radius 2 is 2.20 bits per heavy atom. The van der Waals surface area contributed by atoms with E-state index in [9.17, 15) is 5.11 Å². The predicted octanol–water partition coefficient (Wildman–Crippen LogP) is 2.13. The normalized spacial score (nSPS) is 18.3. The third kappa shape index (κ3) is 1.67. The molecule has 1 fully saturated rings. The molecule has 0 saturated heterocycles. The van der Waals surface area contributed by atoms with Crippen LogP contribution in [-0.2, 0) is 5.54 Å². The van der Waals surface area contributed by atoms with Crippen LogP contribution in [0.4, 0.5) is 0 Å². The van der Waals surface area contributed by atoms with Gasteiger partial charge in [-0.1, -0.05) is 6.07 Å². The van der Waals surface area contributed by atoms with E-state index in [-0.39, 0.29) is 11.3 Å². The maximum absolute atomic E-state index is 9.86. The summed E-state index contributed by atoms with van der Waals surface area (Å²) >= 11 is 0. The van der Waals surface area contributed by atoms with Gasteiger partial charge in [0.1, 0.15) is 11.5 Å². The van der Waals surface area contributed by atoms with Crippen LogP contribution in [0.5, 0.6) is 11.5 Å². The third-order valence-corrected chi connectivity index (χ3v) is 3.05. The Balaban J connectivity index is 2.42. The van der Waals surface area contributed by atoms with Gasteiger partial charge in [-0.15, -0.1) is 0 Å². The molecule has 0 heterocycles. The first-order valence-corrected chi connectivity index (χ1v) is 5.41. The van der Waals surface area contributed by atoms with Gasteiger partial charge in [-0.25, -0.2) is 0 Å². The Kier molecular flexibility index (Phi) is 2.57. The first-order chi connectivity index (χ1) is 7.17. The van der Waals surface area contributed by atoms with Crippen molar-refractivity contribution >= 4 is 0 Å². The molecule has 0 atom stereocenters. The summed E-state index contributed by atoms with van der Waals surface area (Å²) in [5.41, 5.74) is 6.61. The van der Waals surface area contributed by atoms with E-state index in [4.69, 9.17) is 10.5 Å². The van der Waals surface area contributed by atoms with Gasteiger partial charge in [0.25, 0.3) is 0 Å². The highest BCUT2D eigenvalue weighted by Gasteiger charge is 2.38. The van der Waals surface area contributed by atoms with E-state index in [1.807, 2.05) is 13.0 Å². The van der Waals surface area contributed by atoms with Gasteiger partial charge in [0.2, 0.25) is 0 Å². The molecule has 3 nitrogen and oxygen atoms in total. The largest absolute Gasteiger partial charge is 0.507 e. The first kappa shape index (κ1) is 10.3. The van der Waals surface area contributed by atoms with Crippen LogP contribution in [0.1, 0.15) is 31.7 Å². The van der Waals surface area contributed by atoms with E-state index in [1.165, 1.54) is 0 Å². The van der Waals surface area contributed by atoms with E-state index in [0.717, 1.165) is 30.6 Å². The van der Waals surface area contributed by atoms with Crippen LogP contribution in [-0.4, -0.2) is 11.7 Å². The molecule has 0 bridgehead atoms. The molecule has 3 heteroatoms. The number of benzene rings is 1. The van der Waals surface area contributed by atoms with Crippen molar-refractivity contribution in [3.05, 3.63) is 23.8 Å². The molecule has 15 heavy (non-hydrogen) atoms. The molecule has 1 saturated carbocycles. The highest BCUT2D eigenvalue weighted by Crippen LogP contribution is 2.46. The van der Waals surface area contributed by atoms with E-state index in [2.05, 4.69) is 0 Å². The standard InChI is InChI=1S/C12H17NO2/c1-2-15-10-6-3-5-9(14)11(10)12(13)7-4-8-12/h3,5-6,14H,2,4,7-8,13H2,1H3. The predicted molar refractivity (Wildman–Crippen MR) is 59.0 cm³/mol. The van der Waals surface area contributed by atoms with Gasteiger partial charge in [-0.2, -0.15) is 0 Å². The van der Waals surface area contributed by atoms with Crippen molar-refractivity contribution in [3.63, 3.8) is 0 Å². The van der Waals surface area contributed by atoms with Crippen LogP contribution in [0.2, 0.25) is 0 Å². The Morgan fingerprint density at radius 3 is 2.73 bits per heavy atom. The number of hydrogen-bond donors (Lipinski definition) is 2. The molecule has 0 amide bonds. The summed E-state index contributed by atoms with van der Waals surface area (Å²) in [7, 11) is 0. The minimum atomic E-state index is -0.379. The molecule has 82 valence electrons. The van der Waals surface area contributed by atoms with Gasteiger partial charge in [0.05, 0.1) is 12.2 Å². The zero-order chi connectivity index (χ0) is 10.9. The molecule has 0 spiro atoms. The van der Waals surface area contributed by atoms with E-state index in [0.29, 0.717) is 6.61 Å². The van der Waals surface area contributed by atoms with Crippen molar-refractivity contribution in [1.29, 1.82) is 0 Å². The quantitative estimate of drug-likeness (QED) is 0.798. The molecule has 0 aliphatic heterocycles. The molecule has 0 unspecified atom stereocenters. The van der Waals surface area contributed by atoms with Crippen molar-refractivity contribution in [3.8, 4) is 11.5 Å². The maximum Gasteiger partial charge on any atom is 0.128 e. The van der Waals surface area contributed by atoms with Crippen molar-refractivity contribution in [1.82, 2.24) is 0 Å². The van der Waals surface area contributed by atoms with E-state index < -0.39 is 0 Å². The average molecular weight is 207 g/mol. The number of phenolic OH excluding ortho intramolecular Hbond substituents is 1. The lowest BCUT2D eigenvalue weighted by molar-refractivity contribution is 0.230. The van der Waals surface area contributed by atoms with Crippen LogP contribution in [0.25, 0.3) is 0 Å². The Morgan fingerprint density at radius 1 is 1.47 bits per heavy atom. The minimum Gasteiger partial charge on any atom is -0.507 e. The van der Waals surface area contributed by atoms with Gasteiger partial charge < -0.3 is 15.6 Å². The van der Waals surface area contributed by atoms with Crippen molar-refractivity contribution < 1.29 is 9.84 Å². The van der Waals surface area contributed by atoms with Gasteiger partial charge >= 0.3 is 0 Å². The summed E-state index contributed by atoms with van der Waals surface area (Å²) in [5.74, 6) is 0.975. The molecular weight excluding hydrogens is 190 g/mol. The van der Waals surface area contributed by atoms with Crippen LogP contribution in [0, 0.1) is 0 Å². The van der Waals surface area contributed by atoms with Gasteiger partial charge in [-0.3, -0.25) is 0 Å². The lowest BCUT2D eigenvalue weighted by Crippen LogP contribution is -2.43. The first-order valence-electron chi connectivity index (χ1n) is 5.41. The fourth-order valence-corrected chi connectivity index (χ4v) is 2.10. The molecule has 1 aromatic rings. The Hall–Kier alpha value is -1.22. The van der Waals surface area contributed by atoms with Crippen molar-refractivity contribution in [2.75, 3.05) is 6.61 Å². The second-order valence-electron chi connectivity index (χ2n) is 4.09. The SMILES string of the molecule is CCOc1cccc(O)c1C1(N)CCC1. The molecule has 0 radical (unpaired) electrons. The lowest BCUT2D eigenvalue weighted by Gasteiger charge is -2.39. The number of aromatic hydroxyl groups is 1. The van der Waals surface area contributed by atoms with Gasteiger partial charge in [0.15, 0.2) is 0 Å². The smallest absolute Gasteiger partial charge is 0.128 e. The number of phenols is 1. The number of hydrogen-bond acceptors (Lipinski definition) is 3. The van der Waals surface area contributed by atoms with Crippen LogP contribution in [0.3, 0.4) is 0 Å². The number of nitrogens with two attached hydrogens (primary N) is 1. The highest BCUT2D eigenvalue weighted by atomic mass is 16.5. The summed E-state index contributed by atoms with van der Waals surface area (Å²) < 4.78 is 5.50. The molecular formula is C12H17NO2. The van der Waals surface area contributed by atoms with Crippen LogP contribution in [0.15, 0.2) is 18.2 Å². The second-order valence-corrected chi connectivity index (χ2v) is 4.09.